The average Bonchev–Trinajstić information content (AvgIpc) is 2.05. The third-order valence-corrected chi connectivity index (χ3v) is 1.75. The number of hydrogen-bond acceptors (Lipinski definition) is 1. The molecule has 0 aromatic heterocycles. The lowest BCUT2D eigenvalue weighted by atomic mass is 10.1. The number of benzene rings is 1. The first-order chi connectivity index (χ1) is 5.75. The fourth-order valence-electron chi connectivity index (χ4n) is 1.12. The number of hydrogen-bond donors (Lipinski definition) is 1. The maximum Gasteiger partial charge on any atom is 0.125 e. The first-order valence-electron chi connectivity index (χ1n) is 4.11. The van der Waals surface area contributed by atoms with E-state index in [0.29, 0.717) is 5.84 Å². The van der Waals surface area contributed by atoms with E-state index in [1.807, 2.05) is 38.1 Å². The molecule has 0 aliphatic carbocycles. The molecule has 0 saturated heterocycles. The van der Waals surface area contributed by atoms with E-state index >= 15 is 0 Å². The zero-order valence-corrected chi connectivity index (χ0v) is 7.54. The molecule has 0 bridgehead atoms. The maximum atomic E-state index is 5.76. The van der Waals surface area contributed by atoms with Crippen molar-refractivity contribution in [2.75, 3.05) is 6.54 Å². The lowest BCUT2D eigenvalue weighted by molar-refractivity contribution is 1.12. The molecule has 0 spiro atoms. The summed E-state index contributed by atoms with van der Waals surface area (Å²) in [5.74, 6) is 0.635. The van der Waals surface area contributed by atoms with Crippen molar-refractivity contribution in [2.45, 2.75) is 13.8 Å². The summed E-state index contributed by atoms with van der Waals surface area (Å²) in [5.41, 5.74) is 7.97. The van der Waals surface area contributed by atoms with Crippen LogP contribution >= 0.6 is 0 Å². The highest BCUT2D eigenvalue weighted by atomic mass is 14.8. The first-order valence-corrected chi connectivity index (χ1v) is 4.11. The van der Waals surface area contributed by atoms with Crippen LogP contribution < -0.4 is 5.73 Å². The van der Waals surface area contributed by atoms with Crippen molar-refractivity contribution in [2.24, 2.45) is 10.7 Å². The predicted molar refractivity (Wildman–Crippen MR) is 52.4 cm³/mol. The molecule has 12 heavy (non-hydrogen) atoms. The summed E-state index contributed by atoms with van der Waals surface area (Å²) in [6.07, 6.45) is 0. The van der Waals surface area contributed by atoms with E-state index in [0.717, 1.165) is 12.1 Å². The van der Waals surface area contributed by atoms with Gasteiger partial charge >= 0.3 is 0 Å². The molecule has 64 valence electrons. The van der Waals surface area contributed by atoms with Gasteiger partial charge in [-0.15, -0.1) is 0 Å². The van der Waals surface area contributed by atoms with Crippen LogP contribution in [-0.4, -0.2) is 12.4 Å². The second kappa shape index (κ2) is 3.90. The third kappa shape index (κ3) is 1.84. The zero-order valence-electron chi connectivity index (χ0n) is 7.54. The van der Waals surface area contributed by atoms with Gasteiger partial charge in [0.15, 0.2) is 0 Å². The van der Waals surface area contributed by atoms with Crippen molar-refractivity contribution in [3.05, 3.63) is 35.4 Å². The Morgan fingerprint density at radius 1 is 1.42 bits per heavy atom. The summed E-state index contributed by atoms with van der Waals surface area (Å²) < 4.78 is 0. The maximum absolute atomic E-state index is 5.76. The van der Waals surface area contributed by atoms with E-state index in [2.05, 4.69) is 4.99 Å². The number of aliphatic imine (C=N–C) groups is 1. The topological polar surface area (TPSA) is 38.4 Å². The highest BCUT2D eigenvalue weighted by Crippen LogP contribution is 2.05. The minimum atomic E-state index is 0.635. The molecule has 0 radical (unpaired) electrons. The van der Waals surface area contributed by atoms with Crippen molar-refractivity contribution < 1.29 is 0 Å². The molecule has 0 saturated carbocycles. The Labute approximate surface area is 73.1 Å². The SMILES string of the molecule is CCN=C(N)c1ccccc1C. The summed E-state index contributed by atoms with van der Waals surface area (Å²) >= 11 is 0. The van der Waals surface area contributed by atoms with E-state index in [9.17, 15) is 0 Å². The molecular weight excluding hydrogens is 148 g/mol. The van der Waals surface area contributed by atoms with Gasteiger partial charge in [-0.1, -0.05) is 24.3 Å². The predicted octanol–water partition coefficient (Wildman–Crippen LogP) is 1.72. The van der Waals surface area contributed by atoms with Gasteiger partial charge in [0.1, 0.15) is 5.84 Å². The highest BCUT2D eigenvalue weighted by molar-refractivity contribution is 5.98. The van der Waals surface area contributed by atoms with Crippen molar-refractivity contribution in [1.29, 1.82) is 0 Å². The van der Waals surface area contributed by atoms with Crippen LogP contribution in [0.1, 0.15) is 18.1 Å². The van der Waals surface area contributed by atoms with Crippen molar-refractivity contribution in [3.63, 3.8) is 0 Å². The van der Waals surface area contributed by atoms with E-state index in [4.69, 9.17) is 5.73 Å². The van der Waals surface area contributed by atoms with Gasteiger partial charge in [-0.2, -0.15) is 0 Å². The minimum Gasteiger partial charge on any atom is -0.383 e. The van der Waals surface area contributed by atoms with Crippen LogP contribution in [-0.2, 0) is 0 Å². The monoisotopic (exact) mass is 162 g/mol. The van der Waals surface area contributed by atoms with Gasteiger partial charge in [0.25, 0.3) is 0 Å². The Balaban J connectivity index is 3.02. The van der Waals surface area contributed by atoms with Gasteiger partial charge in [-0.3, -0.25) is 4.99 Å². The largest absolute Gasteiger partial charge is 0.383 e. The zero-order chi connectivity index (χ0) is 8.97. The molecule has 2 heteroatoms. The van der Waals surface area contributed by atoms with Crippen LogP contribution in [0.2, 0.25) is 0 Å². The van der Waals surface area contributed by atoms with Crippen LogP contribution in [0.15, 0.2) is 29.3 Å². The molecule has 0 unspecified atom stereocenters. The summed E-state index contributed by atoms with van der Waals surface area (Å²) in [6.45, 7) is 4.75. The van der Waals surface area contributed by atoms with E-state index in [-0.39, 0.29) is 0 Å². The van der Waals surface area contributed by atoms with E-state index in [1.54, 1.807) is 0 Å². The fourth-order valence-corrected chi connectivity index (χ4v) is 1.12. The van der Waals surface area contributed by atoms with Gasteiger partial charge in [-0.25, -0.2) is 0 Å². The molecular formula is C10H14N2. The Kier molecular flexibility index (Phi) is 2.86. The number of aryl methyl sites for hydroxylation is 1. The molecule has 0 heterocycles. The Morgan fingerprint density at radius 3 is 2.67 bits per heavy atom. The average molecular weight is 162 g/mol. The molecule has 2 nitrogen and oxygen atoms in total. The lowest BCUT2D eigenvalue weighted by Crippen LogP contribution is -2.14. The molecule has 1 aromatic rings. The van der Waals surface area contributed by atoms with Crippen LogP contribution in [0.3, 0.4) is 0 Å². The molecule has 1 aromatic carbocycles. The van der Waals surface area contributed by atoms with Crippen molar-refractivity contribution in [1.82, 2.24) is 0 Å². The summed E-state index contributed by atoms with van der Waals surface area (Å²) in [6, 6.07) is 8.00. The Hall–Kier alpha value is -1.31. The third-order valence-electron chi connectivity index (χ3n) is 1.75. The van der Waals surface area contributed by atoms with Gasteiger partial charge in [0, 0.05) is 12.1 Å². The van der Waals surface area contributed by atoms with Crippen molar-refractivity contribution >= 4 is 5.84 Å². The van der Waals surface area contributed by atoms with Crippen molar-refractivity contribution in [3.8, 4) is 0 Å². The number of nitrogens with zero attached hydrogens (tertiary/aromatic N) is 1. The van der Waals surface area contributed by atoms with E-state index < -0.39 is 0 Å². The Bertz CT molecular complexity index is 290. The molecule has 1 rings (SSSR count). The molecule has 0 amide bonds. The normalized spacial score (nSPS) is 11.7. The van der Waals surface area contributed by atoms with Gasteiger partial charge in [0.05, 0.1) is 0 Å². The summed E-state index contributed by atoms with van der Waals surface area (Å²) in [7, 11) is 0. The number of rotatable bonds is 2. The molecule has 0 aliphatic rings. The van der Waals surface area contributed by atoms with Gasteiger partial charge in [-0.05, 0) is 19.4 Å². The first kappa shape index (κ1) is 8.78. The molecule has 0 aliphatic heterocycles. The standard InChI is InChI=1S/C10H14N2/c1-3-12-10(11)9-7-5-4-6-8(9)2/h4-7H,3H2,1-2H3,(H2,11,12). The van der Waals surface area contributed by atoms with Gasteiger partial charge in [0.2, 0.25) is 0 Å². The quantitative estimate of drug-likeness (QED) is 0.522. The summed E-state index contributed by atoms with van der Waals surface area (Å²) in [4.78, 5) is 4.15. The summed E-state index contributed by atoms with van der Waals surface area (Å²) in [5, 5.41) is 0. The molecule has 0 fully saturated rings. The number of nitrogens with two attached hydrogens (primary N) is 1. The van der Waals surface area contributed by atoms with Crippen LogP contribution in [0, 0.1) is 6.92 Å². The second-order valence-electron chi connectivity index (χ2n) is 2.67. The van der Waals surface area contributed by atoms with Crippen LogP contribution in [0.25, 0.3) is 0 Å². The van der Waals surface area contributed by atoms with E-state index in [1.165, 1.54) is 5.56 Å². The highest BCUT2D eigenvalue weighted by Gasteiger charge is 1.99. The number of amidine groups is 1. The molecule has 2 N–H and O–H groups in total. The van der Waals surface area contributed by atoms with Gasteiger partial charge < -0.3 is 5.73 Å². The smallest absolute Gasteiger partial charge is 0.125 e. The van der Waals surface area contributed by atoms with Crippen LogP contribution in [0.5, 0.6) is 0 Å². The van der Waals surface area contributed by atoms with Crippen LogP contribution in [0.4, 0.5) is 0 Å². The molecule has 0 atom stereocenters. The minimum absolute atomic E-state index is 0.635. The Morgan fingerprint density at radius 2 is 2.08 bits per heavy atom. The second-order valence-corrected chi connectivity index (χ2v) is 2.67. The lowest BCUT2D eigenvalue weighted by Gasteiger charge is -2.03. The fraction of sp³-hybridized carbons (Fsp3) is 0.300.